The lowest BCUT2D eigenvalue weighted by Crippen LogP contribution is -2.65. The summed E-state index contributed by atoms with van der Waals surface area (Å²) in [6.07, 6.45) is 5.50. The van der Waals surface area contributed by atoms with E-state index in [1.165, 1.54) is 79.9 Å². The van der Waals surface area contributed by atoms with Crippen LogP contribution in [0.2, 0.25) is 5.02 Å². The maximum absolute atomic E-state index is 15.6. The number of fused-ring (bicyclic) bond motifs is 1. The van der Waals surface area contributed by atoms with Crippen LogP contribution in [0.15, 0.2) is 18.2 Å². The van der Waals surface area contributed by atoms with Crippen LogP contribution >= 0.6 is 11.6 Å². The Hall–Kier alpha value is -7.06. The maximum Gasteiger partial charge on any atom is 0.417 e. The van der Waals surface area contributed by atoms with Crippen LogP contribution in [0.4, 0.5) is 13.2 Å². The molecule has 1 spiro atoms. The van der Waals surface area contributed by atoms with E-state index in [0.717, 1.165) is 71.8 Å². The van der Waals surface area contributed by atoms with Crippen molar-refractivity contribution in [1.82, 2.24) is 60.0 Å². The van der Waals surface area contributed by atoms with Gasteiger partial charge < -0.3 is 60.0 Å². The Morgan fingerprint density at radius 2 is 1.24 bits per heavy atom. The predicted octanol–water partition coefficient (Wildman–Crippen LogP) is 5.64. The summed E-state index contributed by atoms with van der Waals surface area (Å²) in [5.74, 6) is -8.68. The zero-order chi connectivity index (χ0) is 73.0. The van der Waals surface area contributed by atoms with Crippen molar-refractivity contribution < 1.29 is 70.7 Å². The average molecular weight is 1410 g/mol. The van der Waals surface area contributed by atoms with E-state index in [0.29, 0.717) is 70.0 Å². The zero-order valence-electron chi connectivity index (χ0n) is 60.0. The molecule has 3 aliphatic heterocycles. The minimum Gasteiger partial charge on any atom is -0.343 e. The van der Waals surface area contributed by atoms with Gasteiger partial charge in [0.25, 0.3) is 0 Å². The van der Waals surface area contributed by atoms with E-state index in [1.807, 2.05) is 20.8 Å². The first-order chi connectivity index (χ1) is 46.7. The molecule has 6 fully saturated rings. The number of carbonyl (C=O) groups is 12. The van der Waals surface area contributed by atoms with Gasteiger partial charge in [-0.05, 0) is 125 Å². The van der Waals surface area contributed by atoms with Gasteiger partial charge in [0.1, 0.15) is 47.8 Å². The Kier molecular flexibility index (Phi) is 28.0. The van der Waals surface area contributed by atoms with Crippen LogP contribution in [0.1, 0.15) is 180 Å². The third-order valence-corrected chi connectivity index (χ3v) is 22.2. The molecule has 3 saturated heterocycles. The Labute approximate surface area is 586 Å². The number of nitrogens with one attached hydrogen (secondary N) is 3. The van der Waals surface area contributed by atoms with Crippen molar-refractivity contribution in [3.63, 3.8) is 0 Å². The highest BCUT2D eigenvalue weighted by Gasteiger charge is 2.52. The largest absolute Gasteiger partial charge is 0.417 e. The SMILES string of the molecule is CC[C@H](C)[C@@H]1NC(=O)[C@H](CC(C)C)N(C)C(=O)C[C@@H](C(=O)N2CCCCC2)N(C)C(=O)[C@H](C2CCC2)N(C)C(=O)C2(CCCC2)NC(=O)C2CCCN2C(=O)[C@H](CCc2ccc(C(F)(F)F)c(Cl)c2)NC(=O)CN(C)C(=O)[C@H](CC2CCCCC2)N(C)C(=O)CN(C)C(=O)CN(C)C1=O. The Balaban J connectivity index is 1.27. The fourth-order valence-corrected chi connectivity index (χ4v) is 15.5. The number of halogens is 4. The van der Waals surface area contributed by atoms with Crippen molar-refractivity contribution in [2.75, 3.05) is 88.6 Å². The van der Waals surface area contributed by atoms with E-state index < -0.39 is 167 Å². The normalized spacial score (nSPS) is 26.8. The summed E-state index contributed by atoms with van der Waals surface area (Å²) in [5.41, 5.74) is -2.33. The molecule has 24 nitrogen and oxygen atoms in total. The lowest BCUT2D eigenvalue weighted by molar-refractivity contribution is -0.157. The molecule has 6 aliphatic rings. The summed E-state index contributed by atoms with van der Waals surface area (Å²) in [6, 6.07) is -5.49. The average Bonchev–Trinajstić information content (AvgIpc) is 1.76. The first-order valence-corrected chi connectivity index (χ1v) is 36.2. The molecule has 7 rings (SSSR count). The van der Waals surface area contributed by atoms with Crippen molar-refractivity contribution in [3.05, 3.63) is 34.3 Å². The summed E-state index contributed by atoms with van der Waals surface area (Å²) >= 11 is 6.15. The Morgan fingerprint density at radius 3 is 1.84 bits per heavy atom. The van der Waals surface area contributed by atoms with Gasteiger partial charge in [-0.1, -0.05) is 103 Å². The highest BCUT2D eigenvalue weighted by molar-refractivity contribution is 6.31. The van der Waals surface area contributed by atoms with Gasteiger partial charge in [0.15, 0.2) is 0 Å². The number of rotatable bonds is 11. The van der Waals surface area contributed by atoms with Crippen LogP contribution in [0, 0.1) is 23.7 Å². The minimum atomic E-state index is -4.76. The minimum absolute atomic E-state index is 0.0206. The molecule has 1 unspecified atom stereocenters. The van der Waals surface area contributed by atoms with Crippen molar-refractivity contribution in [3.8, 4) is 0 Å². The molecule has 0 bridgehead atoms. The number of nitrogens with zero attached hydrogens (tertiary/aromatic N) is 9. The number of likely N-dealkylation sites (N-methyl/N-ethyl adjacent to an activating group) is 7. The molecule has 0 aromatic heterocycles. The standard InChI is InChI=1S/C71H108ClF3N12O12/c1-12-45(4)60-67(97)81(7)42-58(90)79(5)43-59(91)83(9)54(39-46-23-15-13-16-24-46)65(95)80(6)41-56(88)76-51(31-29-47-28-30-49(50(72)38-47)71(73,74)75)64(94)87-36-22-27-52(87)63(93)78-70(32-17-18-33-70)69(99)85(11)61(48-25-21-26-48)68(98)84(10)55(66(96)86-34-19-14-20-35-86)40-57(89)82(8)53(37-44(2)3)62(92)77-60/h28,30,38,44-46,48,51-55,60-61H,12-27,29,31-37,39-43H2,1-11H3,(H,76,88)(H,77,92)(H,78,93)/t45-,51-,52?,53-,54-,55-,60-,61-/m0/s1. The number of hydrogen-bond donors (Lipinski definition) is 3. The fourth-order valence-electron chi connectivity index (χ4n) is 15.2. The number of piperidine rings is 1. The number of alkyl halides is 3. The maximum atomic E-state index is 15.6. The lowest BCUT2D eigenvalue weighted by atomic mass is 9.77. The van der Waals surface area contributed by atoms with Crippen LogP contribution in [-0.4, -0.2) is 251 Å². The number of aryl methyl sites for hydroxylation is 1. The highest BCUT2D eigenvalue weighted by Crippen LogP contribution is 2.39. The monoisotopic (exact) mass is 1410 g/mol. The predicted molar refractivity (Wildman–Crippen MR) is 364 cm³/mol. The summed E-state index contributed by atoms with van der Waals surface area (Å²) in [5, 5.41) is 8.15. The van der Waals surface area contributed by atoms with Crippen molar-refractivity contribution in [2.24, 2.45) is 23.7 Å². The van der Waals surface area contributed by atoms with E-state index in [2.05, 4.69) is 16.0 Å². The Bertz CT molecular complexity index is 3100. The molecule has 3 aliphatic carbocycles. The van der Waals surface area contributed by atoms with Crippen molar-refractivity contribution >= 4 is 82.5 Å². The van der Waals surface area contributed by atoms with E-state index in [9.17, 15) is 46.7 Å². The smallest absolute Gasteiger partial charge is 0.343 e. The number of carbonyl (C=O) groups excluding carboxylic acids is 12. The molecule has 99 heavy (non-hydrogen) atoms. The van der Waals surface area contributed by atoms with Gasteiger partial charge in [0.05, 0.1) is 36.6 Å². The van der Waals surface area contributed by atoms with Crippen molar-refractivity contribution in [1.29, 1.82) is 0 Å². The molecule has 8 atom stereocenters. The Morgan fingerprint density at radius 1 is 0.626 bits per heavy atom. The van der Waals surface area contributed by atoms with Crippen LogP contribution in [-0.2, 0) is 70.1 Å². The molecule has 3 N–H and O–H groups in total. The van der Waals surface area contributed by atoms with E-state index in [4.69, 9.17) is 11.6 Å². The molecule has 3 saturated carbocycles. The fraction of sp³-hybridized carbons (Fsp3) is 0.746. The van der Waals surface area contributed by atoms with Gasteiger partial charge in [0.2, 0.25) is 70.9 Å². The molecule has 12 amide bonds. The highest BCUT2D eigenvalue weighted by atomic mass is 35.5. The summed E-state index contributed by atoms with van der Waals surface area (Å²) in [7, 11) is 9.97. The first-order valence-electron chi connectivity index (χ1n) is 35.9. The van der Waals surface area contributed by atoms with Gasteiger partial charge in [-0.15, -0.1) is 0 Å². The number of benzene rings is 1. The molecule has 1 aromatic rings. The number of amides is 12. The van der Waals surface area contributed by atoms with Crippen LogP contribution in [0.3, 0.4) is 0 Å². The second-order valence-corrected chi connectivity index (χ2v) is 29.9. The number of likely N-dealkylation sites (tertiary alicyclic amines) is 1. The van der Waals surface area contributed by atoms with Crippen LogP contribution in [0.5, 0.6) is 0 Å². The van der Waals surface area contributed by atoms with E-state index in [-0.39, 0.29) is 69.2 Å². The van der Waals surface area contributed by atoms with Gasteiger partial charge in [0, 0.05) is 69.0 Å². The third kappa shape index (κ3) is 19.7. The summed E-state index contributed by atoms with van der Waals surface area (Å²) in [4.78, 5) is 190. The molecule has 1 aromatic carbocycles. The quantitative estimate of drug-likeness (QED) is 0.243. The molecular formula is C71H108ClF3N12O12. The number of hydrogen-bond acceptors (Lipinski definition) is 12. The summed E-state index contributed by atoms with van der Waals surface area (Å²) < 4.78 is 41.6. The second-order valence-electron chi connectivity index (χ2n) is 29.5. The van der Waals surface area contributed by atoms with E-state index in [1.54, 1.807) is 11.8 Å². The molecular weight excluding hydrogens is 1310 g/mol. The zero-order valence-corrected chi connectivity index (χ0v) is 60.8. The molecule has 0 radical (unpaired) electrons. The molecule has 3 heterocycles. The van der Waals surface area contributed by atoms with Crippen LogP contribution in [0.25, 0.3) is 0 Å². The van der Waals surface area contributed by atoms with Crippen LogP contribution < -0.4 is 16.0 Å². The van der Waals surface area contributed by atoms with Gasteiger partial charge >= 0.3 is 6.18 Å². The van der Waals surface area contributed by atoms with Gasteiger partial charge in [-0.25, -0.2) is 0 Å². The van der Waals surface area contributed by atoms with E-state index >= 15 is 24.0 Å². The van der Waals surface area contributed by atoms with Gasteiger partial charge in [-0.2, -0.15) is 13.2 Å². The van der Waals surface area contributed by atoms with Crippen molar-refractivity contribution in [2.45, 2.75) is 229 Å². The first kappa shape index (κ1) is 79.3. The topological polar surface area (TPSA) is 270 Å². The van der Waals surface area contributed by atoms with Gasteiger partial charge in [-0.3, -0.25) is 57.5 Å². The second kappa shape index (κ2) is 35.0. The summed E-state index contributed by atoms with van der Waals surface area (Å²) in [6.45, 7) is 6.45. The lowest BCUT2D eigenvalue weighted by Gasteiger charge is -2.45. The molecule has 552 valence electrons. The molecule has 28 heteroatoms. The third-order valence-electron chi connectivity index (χ3n) is 21.9.